The molecule has 0 bridgehead atoms. The van der Waals surface area contributed by atoms with Crippen LogP contribution in [-0.2, 0) is 11.3 Å². The minimum Gasteiger partial charge on any atom is -0.374 e. The van der Waals surface area contributed by atoms with Gasteiger partial charge in [0.25, 0.3) is 0 Å². The first-order chi connectivity index (χ1) is 8.97. The van der Waals surface area contributed by atoms with Crippen molar-refractivity contribution < 1.29 is 4.74 Å². The van der Waals surface area contributed by atoms with Gasteiger partial charge in [-0.2, -0.15) is 5.10 Å². The number of aryl methyl sites for hydroxylation is 1. The molecule has 0 aliphatic rings. The van der Waals surface area contributed by atoms with Crippen LogP contribution in [0.5, 0.6) is 0 Å². The van der Waals surface area contributed by atoms with Crippen LogP contribution in [0.3, 0.4) is 0 Å². The molecule has 1 heterocycles. The van der Waals surface area contributed by atoms with Gasteiger partial charge in [0.15, 0.2) is 0 Å². The third kappa shape index (κ3) is 3.94. The van der Waals surface area contributed by atoms with E-state index in [1.807, 2.05) is 11.6 Å². The summed E-state index contributed by atoms with van der Waals surface area (Å²) in [5.41, 5.74) is 0.677. The predicted octanol–water partition coefficient (Wildman–Crippen LogP) is 3.41. The summed E-state index contributed by atoms with van der Waals surface area (Å²) in [7, 11) is 0. The molecule has 1 N–H and O–H groups in total. The summed E-state index contributed by atoms with van der Waals surface area (Å²) in [6.07, 6.45) is 2.78. The number of hydrogen-bond acceptors (Lipinski definition) is 3. The standard InChI is InChI=1S/C14H26ClN3O/c1-6-9-16-13(14(4,5)19-8-3)12-11(15)10-17-18(12)7-2/h10,13,16H,6-9H2,1-5H3. The molecule has 0 aromatic carbocycles. The minimum atomic E-state index is -0.333. The van der Waals surface area contributed by atoms with Gasteiger partial charge in [-0.25, -0.2) is 0 Å². The van der Waals surface area contributed by atoms with Gasteiger partial charge in [-0.3, -0.25) is 4.68 Å². The van der Waals surface area contributed by atoms with Gasteiger partial charge in [0.05, 0.1) is 28.6 Å². The van der Waals surface area contributed by atoms with E-state index in [4.69, 9.17) is 16.3 Å². The van der Waals surface area contributed by atoms with Crippen LogP contribution in [0, 0.1) is 0 Å². The second-order valence-electron chi connectivity index (χ2n) is 5.12. The van der Waals surface area contributed by atoms with Crippen molar-refractivity contribution in [2.45, 2.75) is 59.2 Å². The highest BCUT2D eigenvalue weighted by molar-refractivity contribution is 6.31. The molecule has 0 spiro atoms. The molecular formula is C14H26ClN3O. The number of hydrogen-bond donors (Lipinski definition) is 1. The molecule has 0 saturated carbocycles. The number of nitrogens with zero attached hydrogens (tertiary/aromatic N) is 2. The quantitative estimate of drug-likeness (QED) is 0.796. The van der Waals surface area contributed by atoms with Crippen LogP contribution in [0.2, 0.25) is 5.02 Å². The zero-order valence-electron chi connectivity index (χ0n) is 12.7. The molecular weight excluding hydrogens is 262 g/mol. The predicted molar refractivity (Wildman–Crippen MR) is 79.7 cm³/mol. The Bertz CT molecular complexity index is 390. The molecule has 1 atom stereocenters. The monoisotopic (exact) mass is 287 g/mol. The maximum atomic E-state index is 6.32. The minimum absolute atomic E-state index is 0.0300. The normalized spacial score (nSPS) is 13.8. The highest BCUT2D eigenvalue weighted by atomic mass is 35.5. The van der Waals surface area contributed by atoms with Crippen molar-refractivity contribution in [1.29, 1.82) is 0 Å². The van der Waals surface area contributed by atoms with Crippen molar-refractivity contribution in [3.05, 3.63) is 16.9 Å². The average Bonchev–Trinajstić information content (AvgIpc) is 2.71. The van der Waals surface area contributed by atoms with E-state index < -0.39 is 0 Å². The molecule has 1 aromatic heterocycles. The van der Waals surface area contributed by atoms with Gasteiger partial charge >= 0.3 is 0 Å². The Morgan fingerprint density at radius 2 is 2.11 bits per heavy atom. The fourth-order valence-corrected chi connectivity index (χ4v) is 2.58. The lowest BCUT2D eigenvalue weighted by atomic mass is 9.95. The van der Waals surface area contributed by atoms with Crippen LogP contribution in [-0.4, -0.2) is 28.5 Å². The van der Waals surface area contributed by atoms with Crippen molar-refractivity contribution >= 4 is 11.6 Å². The zero-order chi connectivity index (χ0) is 14.5. The van der Waals surface area contributed by atoms with Crippen molar-refractivity contribution in [2.24, 2.45) is 0 Å². The van der Waals surface area contributed by atoms with Gasteiger partial charge in [-0.05, 0) is 40.7 Å². The molecule has 0 aliphatic heterocycles. The van der Waals surface area contributed by atoms with Crippen LogP contribution >= 0.6 is 11.6 Å². The fraction of sp³-hybridized carbons (Fsp3) is 0.786. The largest absolute Gasteiger partial charge is 0.374 e. The van der Waals surface area contributed by atoms with E-state index in [0.717, 1.165) is 25.2 Å². The first-order valence-corrected chi connectivity index (χ1v) is 7.44. The average molecular weight is 288 g/mol. The summed E-state index contributed by atoms with van der Waals surface area (Å²) in [6, 6.07) is 0.0300. The van der Waals surface area contributed by atoms with E-state index in [2.05, 4.69) is 38.1 Å². The van der Waals surface area contributed by atoms with Gasteiger partial charge in [-0.15, -0.1) is 0 Å². The Balaban J connectivity index is 3.11. The molecule has 0 radical (unpaired) electrons. The first kappa shape index (κ1) is 16.5. The summed E-state index contributed by atoms with van der Waals surface area (Å²) < 4.78 is 7.85. The SMILES string of the molecule is CCCNC(c1c(Cl)cnn1CC)C(C)(C)OCC. The maximum Gasteiger partial charge on any atom is 0.0836 e. The van der Waals surface area contributed by atoms with Gasteiger partial charge in [0.1, 0.15) is 0 Å². The van der Waals surface area contributed by atoms with E-state index in [1.54, 1.807) is 6.20 Å². The summed E-state index contributed by atoms with van der Waals surface area (Å²) >= 11 is 6.32. The Morgan fingerprint density at radius 3 is 2.63 bits per heavy atom. The third-order valence-corrected chi connectivity index (χ3v) is 3.51. The second kappa shape index (κ2) is 7.27. The fourth-order valence-electron chi connectivity index (χ4n) is 2.33. The van der Waals surface area contributed by atoms with E-state index >= 15 is 0 Å². The molecule has 0 amide bonds. The van der Waals surface area contributed by atoms with Gasteiger partial charge < -0.3 is 10.1 Å². The van der Waals surface area contributed by atoms with Crippen molar-refractivity contribution in [3.8, 4) is 0 Å². The van der Waals surface area contributed by atoms with E-state index in [-0.39, 0.29) is 11.6 Å². The summed E-state index contributed by atoms with van der Waals surface area (Å²) in [5.74, 6) is 0. The van der Waals surface area contributed by atoms with Crippen molar-refractivity contribution in [1.82, 2.24) is 15.1 Å². The number of nitrogens with one attached hydrogen (secondary N) is 1. The number of ether oxygens (including phenoxy) is 1. The lowest BCUT2D eigenvalue weighted by Gasteiger charge is -2.35. The molecule has 0 fully saturated rings. The van der Waals surface area contributed by atoms with Crippen LogP contribution in [0.25, 0.3) is 0 Å². The zero-order valence-corrected chi connectivity index (χ0v) is 13.4. The molecule has 5 heteroatoms. The summed E-state index contributed by atoms with van der Waals surface area (Å²) in [4.78, 5) is 0. The maximum absolute atomic E-state index is 6.32. The van der Waals surface area contributed by atoms with Gasteiger partial charge in [0, 0.05) is 13.2 Å². The Hall–Kier alpha value is -0.580. The van der Waals surface area contributed by atoms with Gasteiger partial charge in [-0.1, -0.05) is 18.5 Å². The topological polar surface area (TPSA) is 39.1 Å². The highest BCUT2D eigenvalue weighted by Crippen LogP contribution is 2.33. The third-order valence-electron chi connectivity index (χ3n) is 3.22. The van der Waals surface area contributed by atoms with Crippen LogP contribution in [0.4, 0.5) is 0 Å². The van der Waals surface area contributed by atoms with E-state index in [0.29, 0.717) is 11.6 Å². The molecule has 1 aromatic rings. The second-order valence-corrected chi connectivity index (χ2v) is 5.52. The number of halogens is 1. The Kier molecular flexibility index (Phi) is 6.30. The molecule has 0 saturated heterocycles. The van der Waals surface area contributed by atoms with Crippen LogP contribution < -0.4 is 5.32 Å². The molecule has 4 nitrogen and oxygen atoms in total. The lowest BCUT2D eigenvalue weighted by molar-refractivity contribution is -0.0411. The molecule has 0 aliphatic carbocycles. The highest BCUT2D eigenvalue weighted by Gasteiger charge is 2.34. The number of rotatable bonds is 8. The van der Waals surface area contributed by atoms with Crippen molar-refractivity contribution in [3.63, 3.8) is 0 Å². The molecule has 110 valence electrons. The Morgan fingerprint density at radius 1 is 1.42 bits per heavy atom. The van der Waals surface area contributed by atoms with Crippen LogP contribution in [0.15, 0.2) is 6.20 Å². The molecule has 19 heavy (non-hydrogen) atoms. The van der Waals surface area contributed by atoms with E-state index in [9.17, 15) is 0 Å². The van der Waals surface area contributed by atoms with Gasteiger partial charge in [0.2, 0.25) is 0 Å². The summed E-state index contributed by atoms with van der Waals surface area (Å²) in [6.45, 7) is 12.8. The molecule has 1 unspecified atom stereocenters. The first-order valence-electron chi connectivity index (χ1n) is 7.06. The van der Waals surface area contributed by atoms with Crippen LogP contribution in [0.1, 0.15) is 52.8 Å². The number of aromatic nitrogens is 2. The smallest absolute Gasteiger partial charge is 0.0836 e. The lowest BCUT2D eigenvalue weighted by Crippen LogP contribution is -2.43. The summed E-state index contributed by atoms with van der Waals surface area (Å²) in [5, 5.41) is 8.57. The van der Waals surface area contributed by atoms with E-state index in [1.165, 1.54) is 0 Å². The molecule has 1 rings (SSSR count). The Labute approximate surface area is 121 Å². The van der Waals surface area contributed by atoms with Crippen molar-refractivity contribution in [2.75, 3.05) is 13.2 Å².